The summed E-state index contributed by atoms with van der Waals surface area (Å²) >= 11 is 0. The van der Waals surface area contributed by atoms with Crippen molar-refractivity contribution in [2.45, 2.75) is 96.8 Å². The molecular formula is C29H40O2. The summed E-state index contributed by atoms with van der Waals surface area (Å²) in [6.07, 6.45) is 15.7. The van der Waals surface area contributed by atoms with Crippen molar-refractivity contribution < 1.29 is 9.53 Å². The first kappa shape index (κ1) is 23.6. The van der Waals surface area contributed by atoms with Gasteiger partial charge in [0.15, 0.2) is 0 Å². The van der Waals surface area contributed by atoms with Crippen molar-refractivity contribution in [2.75, 3.05) is 0 Å². The quantitative estimate of drug-likeness (QED) is 0.207. The van der Waals surface area contributed by atoms with Crippen LogP contribution in [-0.2, 0) is 6.42 Å². The molecule has 0 atom stereocenters. The number of aryl methyl sites for hydroxylation is 1. The molecule has 2 aromatic rings. The lowest BCUT2D eigenvalue weighted by molar-refractivity contribution is 0.0734. The van der Waals surface area contributed by atoms with Crippen LogP contribution in [0.1, 0.15) is 112 Å². The van der Waals surface area contributed by atoms with E-state index in [-0.39, 0.29) is 5.97 Å². The molecule has 0 heterocycles. The van der Waals surface area contributed by atoms with Crippen LogP contribution in [0.25, 0.3) is 0 Å². The SMILES string of the molecule is CCCCCCC1CCC(c2ccc(C(=O)Oc3ccc(CCCC)cc3)cc2)CC1. The normalized spacial score (nSPS) is 18.6. The highest BCUT2D eigenvalue weighted by molar-refractivity contribution is 5.91. The molecule has 2 nitrogen and oxygen atoms in total. The van der Waals surface area contributed by atoms with E-state index in [0.29, 0.717) is 17.2 Å². The summed E-state index contributed by atoms with van der Waals surface area (Å²) in [5.41, 5.74) is 3.30. The molecule has 1 fully saturated rings. The summed E-state index contributed by atoms with van der Waals surface area (Å²) in [6, 6.07) is 16.1. The maximum absolute atomic E-state index is 12.5. The van der Waals surface area contributed by atoms with Gasteiger partial charge in [0.05, 0.1) is 5.56 Å². The molecule has 3 rings (SSSR count). The van der Waals surface area contributed by atoms with Crippen molar-refractivity contribution in [3.8, 4) is 5.75 Å². The van der Waals surface area contributed by atoms with E-state index in [1.54, 1.807) is 0 Å². The van der Waals surface area contributed by atoms with Crippen molar-refractivity contribution in [1.29, 1.82) is 0 Å². The number of hydrogen-bond donors (Lipinski definition) is 0. The number of rotatable bonds is 11. The maximum Gasteiger partial charge on any atom is 0.343 e. The minimum absolute atomic E-state index is 0.274. The predicted molar refractivity (Wildman–Crippen MR) is 130 cm³/mol. The van der Waals surface area contributed by atoms with Gasteiger partial charge in [-0.25, -0.2) is 4.79 Å². The van der Waals surface area contributed by atoms with Crippen LogP contribution < -0.4 is 4.74 Å². The van der Waals surface area contributed by atoms with Crippen molar-refractivity contribution in [3.63, 3.8) is 0 Å². The number of benzene rings is 2. The van der Waals surface area contributed by atoms with Gasteiger partial charge in [-0.3, -0.25) is 0 Å². The van der Waals surface area contributed by atoms with Crippen molar-refractivity contribution in [1.82, 2.24) is 0 Å². The molecular weight excluding hydrogens is 380 g/mol. The molecule has 0 bridgehead atoms. The van der Waals surface area contributed by atoms with Gasteiger partial charge < -0.3 is 4.74 Å². The number of carbonyl (C=O) groups excluding carboxylic acids is 1. The van der Waals surface area contributed by atoms with Gasteiger partial charge >= 0.3 is 5.97 Å². The van der Waals surface area contributed by atoms with Crippen LogP contribution in [0.15, 0.2) is 48.5 Å². The lowest BCUT2D eigenvalue weighted by Crippen LogP contribution is -2.14. The second kappa shape index (κ2) is 12.7. The Morgan fingerprint density at radius 1 is 0.806 bits per heavy atom. The first-order valence-corrected chi connectivity index (χ1v) is 12.6. The Kier molecular flexibility index (Phi) is 9.65. The molecule has 1 aliphatic carbocycles. The third kappa shape index (κ3) is 7.52. The molecule has 0 radical (unpaired) electrons. The average molecular weight is 421 g/mol. The van der Waals surface area contributed by atoms with E-state index in [9.17, 15) is 4.79 Å². The lowest BCUT2D eigenvalue weighted by atomic mass is 9.77. The number of hydrogen-bond acceptors (Lipinski definition) is 2. The second-order valence-electron chi connectivity index (χ2n) is 9.33. The van der Waals surface area contributed by atoms with E-state index in [1.165, 1.54) is 81.8 Å². The summed E-state index contributed by atoms with van der Waals surface area (Å²) < 4.78 is 5.58. The van der Waals surface area contributed by atoms with Crippen LogP contribution in [-0.4, -0.2) is 5.97 Å². The summed E-state index contributed by atoms with van der Waals surface area (Å²) in [7, 11) is 0. The lowest BCUT2D eigenvalue weighted by Gasteiger charge is -2.29. The smallest absolute Gasteiger partial charge is 0.343 e. The molecule has 168 valence electrons. The average Bonchev–Trinajstić information content (AvgIpc) is 2.82. The summed E-state index contributed by atoms with van der Waals surface area (Å²) in [6.45, 7) is 4.48. The standard InChI is InChI=1S/C29H40O2/c1-3-5-7-8-10-24-11-15-25(16-12-24)26-17-19-27(20-18-26)29(30)31-28-21-13-23(14-22-28)9-6-4-2/h13-14,17-22,24-25H,3-12,15-16H2,1-2H3. The van der Waals surface area contributed by atoms with Crippen molar-refractivity contribution in [3.05, 3.63) is 65.2 Å². The summed E-state index contributed by atoms with van der Waals surface area (Å²) in [5.74, 6) is 1.92. The fraction of sp³-hybridized carbons (Fsp3) is 0.552. The van der Waals surface area contributed by atoms with Crippen LogP contribution in [0, 0.1) is 5.92 Å². The Hall–Kier alpha value is -2.09. The molecule has 0 aliphatic heterocycles. The van der Waals surface area contributed by atoms with Crippen molar-refractivity contribution >= 4 is 5.97 Å². The van der Waals surface area contributed by atoms with E-state index < -0.39 is 0 Å². The molecule has 31 heavy (non-hydrogen) atoms. The molecule has 0 unspecified atom stereocenters. The first-order chi connectivity index (χ1) is 15.2. The highest BCUT2D eigenvalue weighted by atomic mass is 16.5. The molecule has 0 saturated heterocycles. The van der Waals surface area contributed by atoms with Gasteiger partial charge in [-0.1, -0.05) is 76.6 Å². The molecule has 2 aromatic carbocycles. The second-order valence-corrected chi connectivity index (χ2v) is 9.33. The highest BCUT2D eigenvalue weighted by Crippen LogP contribution is 2.37. The summed E-state index contributed by atoms with van der Waals surface area (Å²) in [4.78, 5) is 12.5. The van der Waals surface area contributed by atoms with Crippen LogP contribution >= 0.6 is 0 Å². The van der Waals surface area contributed by atoms with Gasteiger partial charge in [0.1, 0.15) is 5.75 Å². The van der Waals surface area contributed by atoms with E-state index in [1.807, 2.05) is 24.3 Å². The van der Waals surface area contributed by atoms with Crippen molar-refractivity contribution in [2.24, 2.45) is 5.92 Å². The molecule has 0 spiro atoms. The van der Waals surface area contributed by atoms with E-state index in [2.05, 4.69) is 38.1 Å². The number of ether oxygens (including phenoxy) is 1. The van der Waals surface area contributed by atoms with Gasteiger partial charge in [-0.15, -0.1) is 0 Å². The van der Waals surface area contributed by atoms with E-state index in [4.69, 9.17) is 4.74 Å². The Balaban J connectivity index is 1.46. The van der Waals surface area contributed by atoms with E-state index >= 15 is 0 Å². The zero-order valence-electron chi connectivity index (χ0n) is 19.6. The zero-order valence-corrected chi connectivity index (χ0v) is 19.6. The van der Waals surface area contributed by atoms with Crippen LogP contribution in [0.5, 0.6) is 5.75 Å². The molecule has 0 amide bonds. The van der Waals surface area contributed by atoms with Crippen LogP contribution in [0.3, 0.4) is 0 Å². The fourth-order valence-electron chi connectivity index (χ4n) is 4.81. The van der Waals surface area contributed by atoms with Gasteiger partial charge in [0, 0.05) is 0 Å². The third-order valence-electron chi connectivity index (χ3n) is 6.88. The molecule has 1 saturated carbocycles. The zero-order chi connectivity index (χ0) is 21.9. The monoisotopic (exact) mass is 420 g/mol. The largest absolute Gasteiger partial charge is 0.423 e. The summed E-state index contributed by atoms with van der Waals surface area (Å²) in [5, 5.41) is 0. The number of esters is 1. The highest BCUT2D eigenvalue weighted by Gasteiger charge is 2.22. The minimum atomic E-state index is -0.274. The van der Waals surface area contributed by atoms with Gasteiger partial charge in [0.25, 0.3) is 0 Å². The minimum Gasteiger partial charge on any atom is -0.423 e. The van der Waals surface area contributed by atoms with Gasteiger partial charge in [-0.2, -0.15) is 0 Å². The Bertz CT molecular complexity index is 767. The maximum atomic E-state index is 12.5. The van der Waals surface area contributed by atoms with Gasteiger partial charge in [0.2, 0.25) is 0 Å². The molecule has 0 N–H and O–H groups in total. The number of carbonyl (C=O) groups is 1. The Labute approximate surface area is 189 Å². The van der Waals surface area contributed by atoms with Crippen LogP contribution in [0.2, 0.25) is 0 Å². The van der Waals surface area contributed by atoms with E-state index in [0.717, 1.165) is 12.3 Å². The number of unbranched alkanes of at least 4 members (excludes halogenated alkanes) is 4. The van der Waals surface area contributed by atoms with Gasteiger partial charge in [-0.05, 0) is 85.8 Å². The fourth-order valence-corrected chi connectivity index (χ4v) is 4.81. The molecule has 2 heteroatoms. The Morgan fingerprint density at radius 2 is 1.48 bits per heavy atom. The Morgan fingerprint density at radius 3 is 2.13 bits per heavy atom. The predicted octanol–water partition coefficient (Wildman–Crippen LogP) is 8.49. The van der Waals surface area contributed by atoms with Crippen LogP contribution in [0.4, 0.5) is 0 Å². The molecule has 1 aliphatic rings. The third-order valence-corrected chi connectivity index (χ3v) is 6.88. The first-order valence-electron chi connectivity index (χ1n) is 12.6. The molecule has 0 aromatic heterocycles. The topological polar surface area (TPSA) is 26.3 Å².